The SMILES string of the molecule is CCOC(=O)C(C(O)OCC)C(O)OCC. The fraction of sp³-hybridized carbons (Fsp3) is 0.900. The molecular formula is C10H20O6. The lowest BCUT2D eigenvalue weighted by atomic mass is 10.1. The van der Waals surface area contributed by atoms with Gasteiger partial charge in [-0.1, -0.05) is 0 Å². The molecule has 2 atom stereocenters. The van der Waals surface area contributed by atoms with Crippen molar-refractivity contribution in [1.29, 1.82) is 0 Å². The molecule has 0 saturated heterocycles. The second-order valence-corrected chi connectivity index (χ2v) is 2.97. The van der Waals surface area contributed by atoms with Gasteiger partial charge < -0.3 is 24.4 Å². The maximum atomic E-state index is 11.5. The predicted molar refractivity (Wildman–Crippen MR) is 55.4 cm³/mol. The van der Waals surface area contributed by atoms with Gasteiger partial charge in [0.25, 0.3) is 0 Å². The maximum Gasteiger partial charge on any atom is 0.319 e. The van der Waals surface area contributed by atoms with Gasteiger partial charge in [-0.15, -0.1) is 0 Å². The molecule has 6 nitrogen and oxygen atoms in total. The highest BCUT2D eigenvalue weighted by Crippen LogP contribution is 2.14. The second-order valence-electron chi connectivity index (χ2n) is 2.97. The van der Waals surface area contributed by atoms with E-state index >= 15 is 0 Å². The van der Waals surface area contributed by atoms with E-state index in [2.05, 4.69) is 0 Å². The quantitative estimate of drug-likeness (QED) is 0.451. The van der Waals surface area contributed by atoms with Crippen LogP contribution in [0.5, 0.6) is 0 Å². The van der Waals surface area contributed by atoms with E-state index < -0.39 is 24.5 Å². The van der Waals surface area contributed by atoms with Crippen LogP contribution in [0.3, 0.4) is 0 Å². The highest BCUT2D eigenvalue weighted by atomic mass is 16.6. The van der Waals surface area contributed by atoms with Crippen molar-refractivity contribution in [2.24, 2.45) is 5.92 Å². The Bertz CT molecular complexity index is 184. The van der Waals surface area contributed by atoms with Crippen molar-refractivity contribution in [3.8, 4) is 0 Å². The van der Waals surface area contributed by atoms with Gasteiger partial charge in [0, 0.05) is 13.2 Å². The zero-order valence-corrected chi connectivity index (χ0v) is 9.88. The molecule has 0 aromatic rings. The van der Waals surface area contributed by atoms with Crippen LogP contribution in [0, 0.1) is 5.92 Å². The molecule has 0 aromatic heterocycles. The zero-order valence-electron chi connectivity index (χ0n) is 9.88. The lowest BCUT2D eigenvalue weighted by Gasteiger charge is -2.25. The van der Waals surface area contributed by atoms with Crippen molar-refractivity contribution in [1.82, 2.24) is 0 Å². The molecule has 6 heteroatoms. The predicted octanol–water partition coefficient (Wildman–Crippen LogP) is -0.125. The van der Waals surface area contributed by atoms with Crippen LogP contribution < -0.4 is 0 Å². The van der Waals surface area contributed by atoms with Gasteiger partial charge in [-0.25, -0.2) is 0 Å². The summed E-state index contributed by atoms with van der Waals surface area (Å²) in [5.74, 6) is -2.00. The first kappa shape index (κ1) is 15.3. The Morgan fingerprint density at radius 1 is 1.00 bits per heavy atom. The van der Waals surface area contributed by atoms with Crippen LogP contribution in [-0.4, -0.2) is 48.6 Å². The van der Waals surface area contributed by atoms with Gasteiger partial charge >= 0.3 is 5.97 Å². The fourth-order valence-corrected chi connectivity index (χ4v) is 1.16. The monoisotopic (exact) mass is 236 g/mol. The number of aliphatic hydroxyl groups excluding tert-OH is 2. The van der Waals surface area contributed by atoms with Crippen molar-refractivity contribution < 1.29 is 29.2 Å². The average molecular weight is 236 g/mol. The maximum absolute atomic E-state index is 11.5. The van der Waals surface area contributed by atoms with Gasteiger partial charge in [0.05, 0.1) is 6.61 Å². The van der Waals surface area contributed by atoms with Crippen molar-refractivity contribution in [2.75, 3.05) is 19.8 Å². The number of aliphatic hydroxyl groups is 2. The number of carbonyl (C=O) groups is 1. The minimum absolute atomic E-state index is 0.160. The summed E-state index contributed by atoms with van der Waals surface area (Å²) in [4.78, 5) is 11.5. The number of ether oxygens (including phenoxy) is 3. The van der Waals surface area contributed by atoms with E-state index in [1.165, 1.54) is 0 Å². The lowest BCUT2D eigenvalue weighted by Crippen LogP contribution is -2.42. The first-order valence-corrected chi connectivity index (χ1v) is 5.34. The fourth-order valence-electron chi connectivity index (χ4n) is 1.16. The molecule has 2 unspecified atom stereocenters. The van der Waals surface area contributed by atoms with Gasteiger partial charge in [0.15, 0.2) is 18.5 Å². The van der Waals surface area contributed by atoms with Crippen LogP contribution in [0.4, 0.5) is 0 Å². The topological polar surface area (TPSA) is 85.2 Å². The summed E-state index contributed by atoms with van der Waals surface area (Å²) in [5.41, 5.74) is 0. The molecule has 0 aliphatic carbocycles. The highest BCUT2D eigenvalue weighted by Gasteiger charge is 2.36. The molecule has 0 heterocycles. The minimum atomic E-state index is -1.44. The van der Waals surface area contributed by atoms with Crippen LogP contribution in [-0.2, 0) is 19.0 Å². The number of rotatable bonds is 8. The van der Waals surface area contributed by atoms with Gasteiger partial charge in [0.2, 0.25) is 0 Å². The Hall–Kier alpha value is -0.690. The summed E-state index contributed by atoms with van der Waals surface area (Å²) in [6, 6.07) is 0. The van der Waals surface area contributed by atoms with Gasteiger partial charge in [0.1, 0.15) is 0 Å². The Morgan fingerprint density at radius 2 is 1.44 bits per heavy atom. The molecule has 0 fully saturated rings. The molecule has 0 rings (SSSR count). The average Bonchev–Trinajstić information content (AvgIpc) is 2.19. The van der Waals surface area contributed by atoms with Crippen LogP contribution in [0.15, 0.2) is 0 Å². The summed E-state index contributed by atoms with van der Waals surface area (Å²) in [5, 5.41) is 19.1. The molecule has 0 radical (unpaired) electrons. The molecule has 96 valence electrons. The van der Waals surface area contributed by atoms with Crippen LogP contribution in [0.1, 0.15) is 20.8 Å². The van der Waals surface area contributed by atoms with E-state index in [-0.39, 0.29) is 19.8 Å². The van der Waals surface area contributed by atoms with Crippen molar-refractivity contribution in [2.45, 2.75) is 33.4 Å². The summed E-state index contributed by atoms with van der Waals surface area (Å²) in [7, 11) is 0. The van der Waals surface area contributed by atoms with E-state index in [0.29, 0.717) is 0 Å². The van der Waals surface area contributed by atoms with Crippen LogP contribution in [0.2, 0.25) is 0 Å². The Morgan fingerprint density at radius 3 is 1.75 bits per heavy atom. The van der Waals surface area contributed by atoms with Crippen LogP contribution in [0.25, 0.3) is 0 Å². The Kier molecular flexibility index (Phi) is 8.10. The Labute approximate surface area is 95.1 Å². The number of hydrogen-bond donors (Lipinski definition) is 2. The first-order chi connectivity index (χ1) is 7.58. The van der Waals surface area contributed by atoms with Crippen LogP contribution >= 0.6 is 0 Å². The number of carbonyl (C=O) groups excluding carboxylic acids is 1. The number of hydrogen-bond acceptors (Lipinski definition) is 6. The van der Waals surface area contributed by atoms with E-state index in [1.807, 2.05) is 0 Å². The third-order valence-corrected chi connectivity index (χ3v) is 1.85. The molecular weight excluding hydrogens is 216 g/mol. The molecule has 0 saturated carbocycles. The van der Waals surface area contributed by atoms with E-state index in [9.17, 15) is 15.0 Å². The third kappa shape index (κ3) is 4.89. The first-order valence-electron chi connectivity index (χ1n) is 5.34. The molecule has 16 heavy (non-hydrogen) atoms. The van der Waals surface area contributed by atoms with E-state index in [1.54, 1.807) is 20.8 Å². The Balaban J connectivity index is 4.53. The summed E-state index contributed by atoms with van der Waals surface area (Å²) >= 11 is 0. The number of esters is 1. The summed E-state index contributed by atoms with van der Waals surface area (Å²) in [6.07, 6.45) is -2.88. The standard InChI is InChI=1S/C10H20O6/c1-4-14-8(11)7(9(12)15-5-2)10(13)16-6-3/h7-9,11-12H,4-6H2,1-3H3. The normalized spacial score (nSPS) is 16.6. The van der Waals surface area contributed by atoms with Crippen molar-refractivity contribution in [3.05, 3.63) is 0 Å². The van der Waals surface area contributed by atoms with E-state index in [0.717, 1.165) is 0 Å². The third-order valence-electron chi connectivity index (χ3n) is 1.85. The van der Waals surface area contributed by atoms with Gasteiger partial charge in [-0.3, -0.25) is 4.79 Å². The molecule has 0 aromatic carbocycles. The highest BCUT2D eigenvalue weighted by molar-refractivity contribution is 5.73. The molecule has 0 bridgehead atoms. The molecule has 0 spiro atoms. The van der Waals surface area contributed by atoms with E-state index in [4.69, 9.17) is 14.2 Å². The van der Waals surface area contributed by atoms with Crippen molar-refractivity contribution in [3.63, 3.8) is 0 Å². The largest absolute Gasteiger partial charge is 0.465 e. The molecule has 2 N–H and O–H groups in total. The minimum Gasteiger partial charge on any atom is -0.465 e. The van der Waals surface area contributed by atoms with Gasteiger partial charge in [-0.05, 0) is 20.8 Å². The lowest BCUT2D eigenvalue weighted by molar-refractivity contribution is -0.225. The summed E-state index contributed by atoms with van der Waals surface area (Å²) < 4.78 is 14.4. The molecule has 0 aliphatic heterocycles. The summed E-state index contributed by atoms with van der Waals surface area (Å²) in [6.45, 7) is 5.56. The second kappa shape index (κ2) is 8.46. The van der Waals surface area contributed by atoms with Crippen molar-refractivity contribution >= 4 is 5.97 Å². The van der Waals surface area contributed by atoms with Gasteiger partial charge in [-0.2, -0.15) is 0 Å². The zero-order chi connectivity index (χ0) is 12.6. The molecule has 0 amide bonds. The molecule has 0 aliphatic rings. The smallest absolute Gasteiger partial charge is 0.319 e.